The van der Waals surface area contributed by atoms with Crippen LogP contribution in [-0.2, 0) is 17.9 Å². The van der Waals surface area contributed by atoms with Crippen LogP contribution in [0.3, 0.4) is 0 Å². The second kappa shape index (κ2) is 11.2. The predicted molar refractivity (Wildman–Crippen MR) is 123 cm³/mol. The third-order valence-electron chi connectivity index (χ3n) is 5.01. The van der Waals surface area contributed by atoms with Gasteiger partial charge in [0.1, 0.15) is 6.61 Å². The van der Waals surface area contributed by atoms with Crippen LogP contribution < -0.4 is 14.8 Å². The summed E-state index contributed by atoms with van der Waals surface area (Å²) in [6, 6.07) is 25.8. The number of likely N-dealkylation sites (N-methyl/N-ethyl adjacent to an activating group) is 1. The van der Waals surface area contributed by atoms with Gasteiger partial charge in [0.05, 0.1) is 19.7 Å². The van der Waals surface area contributed by atoms with Crippen molar-refractivity contribution in [2.75, 3.05) is 20.7 Å². The highest BCUT2D eigenvalue weighted by Gasteiger charge is 2.13. The Kier molecular flexibility index (Phi) is 8.07. The molecule has 0 radical (unpaired) electrons. The fourth-order valence-electron chi connectivity index (χ4n) is 3.39. The maximum Gasteiger partial charge on any atom is 0.234 e. The van der Waals surface area contributed by atoms with Crippen LogP contribution in [0.15, 0.2) is 78.9 Å². The fraction of sp³-hybridized carbons (Fsp3) is 0.269. The molecule has 0 aliphatic rings. The first-order chi connectivity index (χ1) is 15.0. The lowest BCUT2D eigenvalue weighted by Crippen LogP contribution is -2.36. The standard InChI is InChI=1S/C26H30N2O3/c1-20(23-12-8-5-9-13-23)27-26(29)18-28(2)17-22-14-15-24(25(16-22)30-3)31-19-21-10-6-4-7-11-21/h4-16,20H,17-19H2,1-3H3,(H,27,29)/t20-/m0/s1. The summed E-state index contributed by atoms with van der Waals surface area (Å²) in [5.41, 5.74) is 3.24. The first kappa shape index (κ1) is 22.4. The minimum absolute atomic E-state index is 0.00590. The van der Waals surface area contributed by atoms with Crippen molar-refractivity contribution in [3.63, 3.8) is 0 Å². The van der Waals surface area contributed by atoms with Crippen molar-refractivity contribution in [2.45, 2.75) is 26.1 Å². The number of nitrogens with one attached hydrogen (secondary N) is 1. The Morgan fingerprint density at radius 1 is 0.935 bits per heavy atom. The fourth-order valence-corrected chi connectivity index (χ4v) is 3.39. The van der Waals surface area contributed by atoms with Crippen LogP contribution in [0.4, 0.5) is 0 Å². The quantitative estimate of drug-likeness (QED) is 0.523. The zero-order chi connectivity index (χ0) is 22.1. The SMILES string of the molecule is COc1cc(CN(C)CC(=O)N[C@@H](C)c2ccccc2)ccc1OCc1ccccc1. The number of benzene rings is 3. The zero-order valence-corrected chi connectivity index (χ0v) is 18.4. The average molecular weight is 419 g/mol. The van der Waals surface area contributed by atoms with E-state index in [1.807, 2.05) is 97.7 Å². The second-order valence-corrected chi connectivity index (χ2v) is 7.63. The summed E-state index contributed by atoms with van der Waals surface area (Å²) in [5.74, 6) is 1.38. The Labute approximate surface area is 184 Å². The molecule has 0 aliphatic carbocycles. The molecule has 3 aromatic rings. The molecule has 1 amide bonds. The summed E-state index contributed by atoms with van der Waals surface area (Å²) in [5, 5.41) is 3.05. The highest BCUT2D eigenvalue weighted by molar-refractivity contribution is 5.78. The first-order valence-corrected chi connectivity index (χ1v) is 10.4. The minimum atomic E-state index is -0.0248. The van der Waals surface area contributed by atoms with Crippen molar-refractivity contribution in [1.82, 2.24) is 10.2 Å². The molecule has 5 nitrogen and oxygen atoms in total. The molecule has 0 fully saturated rings. The lowest BCUT2D eigenvalue weighted by molar-refractivity contribution is -0.122. The molecule has 3 rings (SSSR count). The van der Waals surface area contributed by atoms with Gasteiger partial charge in [-0.25, -0.2) is 0 Å². The van der Waals surface area contributed by atoms with Gasteiger partial charge in [-0.2, -0.15) is 0 Å². The zero-order valence-electron chi connectivity index (χ0n) is 18.4. The number of hydrogen-bond acceptors (Lipinski definition) is 4. The second-order valence-electron chi connectivity index (χ2n) is 7.63. The van der Waals surface area contributed by atoms with Crippen LogP contribution >= 0.6 is 0 Å². The molecule has 1 atom stereocenters. The van der Waals surface area contributed by atoms with E-state index in [1.165, 1.54) is 0 Å². The number of methoxy groups -OCH3 is 1. The molecule has 1 N–H and O–H groups in total. The predicted octanol–water partition coefficient (Wildman–Crippen LogP) is 4.58. The molecule has 0 saturated carbocycles. The highest BCUT2D eigenvalue weighted by Crippen LogP contribution is 2.29. The van der Waals surface area contributed by atoms with Crippen molar-refractivity contribution in [3.8, 4) is 11.5 Å². The molecule has 0 heterocycles. The molecule has 0 aromatic heterocycles. The number of rotatable bonds is 10. The Hall–Kier alpha value is -3.31. The minimum Gasteiger partial charge on any atom is -0.493 e. The van der Waals surface area contributed by atoms with Gasteiger partial charge in [0.15, 0.2) is 11.5 Å². The molecule has 31 heavy (non-hydrogen) atoms. The van der Waals surface area contributed by atoms with Gasteiger partial charge in [0, 0.05) is 6.54 Å². The summed E-state index contributed by atoms with van der Waals surface area (Å²) >= 11 is 0. The van der Waals surface area contributed by atoms with Gasteiger partial charge in [-0.15, -0.1) is 0 Å². The van der Waals surface area contributed by atoms with E-state index in [4.69, 9.17) is 9.47 Å². The van der Waals surface area contributed by atoms with Gasteiger partial charge in [-0.05, 0) is 42.8 Å². The van der Waals surface area contributed by atoms with Gasteiger partial charge in [0.25, 0.3) is 0 Å². The van der Waals surface area contributed by atoms with E-state index in [-0.39, 0.29) is 11.9 Å². The number of carbonyl (C=O) groups excluding carboxylic acids is 1. The van der Waals surface area contributed by atoms with Crippen molar-refractivity contribution < 1.29 is 14.3 Å². The van der Waals surface area contributed by atoms with Crippen molar-refractivity contribution in [1.29, 1.82) is 0 Å². The van der Waals surface area contributed by atoms with Crippen LogP contribution in [0.1, 0.15) is 29.7 Å². The maximum atomic E-state index is 12.4. The van der Waals surface area contributed by atoms with Crippen LogP contribution in [0.5, 0.6) is 11.5 Å². The summed E-state index contributed by atoms with van der Waals surface area (Å²) < 4.78 is 11.4. The van der Waals surface area contributed by atoms with Crippen LogP contribution in [0, 0.1) is 0 Å². The van der Waals surface area contributed by atoms with Gasteiger partial charge in [0.2, 0.25) is 5.91 Å². The largest absolute Gasteiger partial charge is 0.493 e. The van der Waals surface area contributed by atoms with Gasteiger partial charge < -0.3 is 14.8 Å². The molecule has 0 aliphatic heterocycles. The van der Waals surface area contributed by atoms with Gasteiger partial charge in [-0.3, -0.25) is 9.69 Å². The monoisotopic (exact) mass is 418 g/mol. The lowest BCUT2D eigenvalue weighted by atomic mass is 10.1. The third kappa shape index (κ3) is 6.86. The summed E-state index contributed by atoms with van der Waals surface area (Å²) in [7, 11) is 3.57. The van der Waals surface area contributed by atoms with E-state index in [1.54, 1.807) is 7.11 Å². The van der Waals surface area contributed by atoms with Crippen LogP contribution in [0.25, 0.3) is 0 Å². The maximum absolute atomic E-state index is 12.4. The number of nitrogens with zero attached hydrogens (tertiary/aromatic N) is 1. The van der Waals surface area contributed by atoms with Gasteiger partial charge in [-0.1, -0.05) is 66.7 Å². The highest BCUT2D eigenvalue weighted by atomic mass is 16.5. The van der Waals surface area contributed by atoms with E-state index < -0.39 is 0 Å². The Balaban J connectivity index is 1.53. The summed E-state index contributed by atoms with van der Waals surface area (Å²) in [6.07, 6.45) is 0. The van der Waals surface area contributed by atoms with E-state index in [0.29, 0.717) is 31.2 Å². The summed E-state index contributed by atoms with van der Waals surface area (Å²) in [4.78, 5) is 14.4. The number of amides is 1. The molecule has 0 bridgehead atoms. The third-order valence-corrected chi connectivity index (χ3v) is 5.01. The Bertz CT molecular complexity index is 961. The molecule has 0 saturated heterocycles. The van der Waals surface area contributed by atoms with E-state index in [0.717, 1.165) is 16.7 Å². The number of hydrogen-bond donors (Lipinski definition) is 1. The summed E-state index contributed by atoms with van der Waals surface area (Å²) in [6.45, 7) is 3.41. The molecular weight excluding hydrogens is 388 g/mol. The Morgan fingerprint density at radius 2 is 1.61 bits per heavy atom. The van der Waals surface area contributed by atoms with E-state index in [2.05, 4.69) is 5.32 Å². The van der Waals surface area contributed by atoms with Crippen molar-refractivity contribution in [2.24, 2.45) is 0 Å². The first-order valence-electron chi connectivity index (χ1n) is 10.4. The smallest absolute Gasteiger partial charge is 0.234 e. The molecule has 0 unspecified atom stereocenters. The van der Waals surface area contributed by atoms with E-state index >= 15 is 0 Å². The van der Waals surface area contributed by atoms with Crippen LogP contribution in [0.2, 0.25) is 0 Å². The van der Waals surface area contributed by atoms with Crippen LogP contribution in [-0.4, -0.2) is 31.5 Å². The topological polar surface area (TPSA) is 50.8 Å². The molecule has 162 valence electrons. The number of carbonyl (C=O) groups is 1. The average Bonchev–Trinajstić information content (AvgIpc) is 2.79. The van der Waals surface area contributed by atoms with Gasteiger partial charge >= 0.3 is 0 Å². The Morgan fingerprint density at radius 3 is 2.29 bits per heavy atom. The molecule has 3 aromatic carbocycles. The van der Waals surface area contributed by atoms with Crippen molar-refractivity contribution >= 4 is 5.91 Å². The van der Waals surface area contributed by atoms with E-state index in [9.17, 15) is 4.79 Å². The molecule has 0 spiro atoms. The lowest BCUT2D eigenvalue weighted by Gasteiger charge is -2.20. The van der Waals surface area contributed by atoms with Crippen molar-refractivity contribution in [3.05, 3.63) is 95.6 Å². The number of ether oxygens (including phenoxy) is 2. The normalized spacial score (nSPS) is 11.7. The molecule has 5 heteroatoms. The molecular formula is C26H30N2O3.